The van der Waals surface area contributed by atoms with Gasteiger partial charge in [-0.1, -0.05) is 35.4 Å². The zero-order valence-electron chi connectivity index (χ0n) is 6.83. The van der Waals surface area contributed by atoms with Crippen molar-refractivity contribution in [1.82, 2.24) is 0 Å². The second-order valence-corrected chi connectivity index (χ2v) is 2.16. The van der Waals surface area contributed by atoms with E-state index in [0.717, 1.165) is 0 Å². The molecular weight excluding hydrogens is 198 g/mol. The molecular formula is C8H15Cl2P. The zero-order valence-corrected chi connectivity index (χ0v) is 9.88. The average Bonchev–Trinajstić information content (AvgIpc) is 1.64. The van der Waals surface area contributed by atoms with Crippen LogP contribution >= 0.6 is 34.7 Å². The number of hydrogen-bond donors (Lipinski definition) is 0. The molecule has 0 amide bonds. The smallest absolute Gasteiger partial charge is 0.0398 e. The maximum atomic E-state index is 2.17. The first-order valence-electron chi connectivity index (χ1n) is 2.82. The van der Waals surface area contributed by atoms with Crippen molar-refractivity contribution in [2.75, 3.05) is 0 Å². The minimum Gasteiger partial charge on any atom is -0.153 e. The van der Waals surface area contributed by atoms with Crippen LogP contribution in [0.25, 0.3) is 0 Å². The van der Waals surface area contributed by atoms with E-state index in [1.54, 1.807) is 0 Å². The first-order chi connectivity index (χ1) is 3.79. The van der Waals surface area contributed by atoms with Gasteiger partial charge < -0.3 is 0 Å². The Balaban J connectivity index is -0.000000213. The fraction of sp³-hybridized carbons (Fsp3) is 0.250. The van der Waals surface area contributed by atoms with Gasteiger partial charge in [-0.05, 0) is 13.8 Å². The molecule has 0 bridgehead atoms. The lowest BCUT2D eigenvalue weighted by atomic mass is 10.2. The first kappa shape index (κ1) is 17.4. The Bertz CT molecular complexity index is 172. The summed E-state index contributed by atoms with van der Waals surface area (Å²) in [5.74, 6) is 0. The second kappa shape index (κ2) is 8.33. The van der Waals surface area contributed by atoms with Gasteiger partial charge in [0.05, 0.1) is 0 Å². The van der Waals surface area contributed by atoms with Gasteiger partial charge >= 0.3 is 0 Å². The van der Waals surface area contributed by atoms with E-state index in [0.29, 0.717) is 0 Å². The largest absolute Gasteiger partial charge is 0.153 e. The summed E-state index contributed by atoms with van der Waals surface area (Å²) in [4.78, 5) is 0. The predicted molar refractivity (Wildman–Crippen MR) is 61.5 cm³/mol. The summed E-state index contributed by atoms with van der Waals surface area (Å²) in [6, 6.07) is 8.45. The summed E-state index contributed by atoms with van der Waals surface area (Å²) in [5, 5.41) is 0. The summed E-state index contributed by atoms with van der Waals surface area (Å²) in [5.41, 5.74) is 2.68. The lowest BCUT2D eigenvalue weighted by molar-refractivity contribution is 1.39. The molecule has 1 rings (SSSR count). The van der Waals surface area contributed by atoms with E-state index in [4.69, 9.17) is 0 Å². The standard InChI is InChI=1S/C8H10.2ClH.H3P/c1-7-4-3-5-8(2)6-7;;;/h3-6H,1-2H3;2*1H;1H3. The minimum atomic E-state index is 0. The van der Waals surface area contributed by atoms with Gasteiger partial charge in [-0.25, -0.2) is 0 Å². The molecule has 0 nitrogen and oxygen atoms in total. The molecule has 0 aliphatic rings. The molecule has 0 aromatic heterocycles. The topological polar surface area (TPSA) is 0 Å². The SMILES string of the molecule is Cc1cccc(C)c1.Cl.Cl.P. The van der Waals surface area contributed by atoms with Crippen LogP contribution in [0.15, 0.2) is 24.3 Å². The summed E-state index contributed by atoms with van der Waals surface area (Å²) < 4.78 is 0. The van der Waals surface area contributed by atoms with E-state index in [9.17, 15) is 0 Å². The predicted octanol–water partition coefficient (Wildman–Crippen LogP) is 3.21. The molecule has 1 atom stereocenters. The van der Waals surface area contributed by atoms with Gasteiger partial charge in [0.1, 0.15) is 0 Å². The van der Waals surface area contributed by atoms with E-state index >= 15 is 0 Å². The Hall–Kier alpha value is 0.230. The summed E-state index contributed by atoms with van der Waals surface area (Å²) in [7, 11) is 0. The molecule has 0 heterocycles. The fourth-order valence-corrected chi connectivity index (χ4v) is 0.807. The van der Waals surface area contributed by atoms with Crippen molar-refractivity contribution in [2.45, 2.75) is 13.8 Å². The number of halogens is 2. The van der Waals surface area contributed by atoms with Crippen LogP contribution in [0.4, 0.5) is 0 Å². The quantitative estimate of drug-likeness (QED) is 0.580. The molecule has 0 saturated heterocycles. The summed E-state index contributed by atoms with van der Waals surface area (Å²) in [6.07, 6.45) is 0. The molecule has 0 N–H and O–H groups in total. The van der Waals surface area contributed by atoms with Gasteiger partial charge in [-0.15, -0.1) is 24.8 Å². The average molecular weight is 213 g/mol. The number of rotatable bonds is 0. The van der Waals surface area contributed by atoms with Crippen LogP contribution in [0.5, 0.6) is 0 Å². The van der Waals surface area contributed by atoms with Crippen molar-refractivity contribution in [1.29, 1.82) is 0 Å². The van der Waals surface area contributed by atoms with Crippen LogP contribution in [0.3, 0.4) is 0 Å². The fourth-order valence-electron chi connectivity index (χ4n) is 0.807. The molecule has 1 aromatic rings. The van der Waals surface area contributed by atoms with Crippen molar-refractivity contribution in [2.24, 2.45) is 0 Å². The molecule has 11 heavy (non-hydrogen) atoms. The molecule has 0 radical (unpaired) electrons. The highest BCUT2D eigenvalue weighted by molar-refractivity contribution is 6.92. The molecule has 1 unspecified atom stereocenters. The van der Waals surface area contributed by atoms with Gasteiger partial charge in [0.25, 0.3) is 0 Å². The molecule has 0 aliphatic carbocycles. The minimum absolute atomic E-state index is 0. The van der Waals surface area contributed by atoms with E-state index < -0.39 is 0 Å². The monoisotopic (exact) mass is 212 g/mol. The van der Waals surface area contributed by atoms with Gasteiger partial charge in [-0.2, -0.15) is 9.90 Å². The Morgan fingerprint density at radius 1 is 0.909 bits per heavy atom. The normalized spacial score (nSPS) is 6.73. The maximum Gasteiger partial charge on any atom is -0.0398 e. The summed E-state index contributed by atoms with van der Waals surface area (Å²) >= 11 is 0. The summed E-state index contributed by atoms with van der Waals surface area (Å²) in [6.45, 7) is 4.21. The Kier molecular flexibility index (Phi) is 13.1. The van der Waals surface area contributed by atoms with Gasteiger partial charge in [0.2, 0.25) is 0 Å². The zero-order chi connectivity index (χ0) is 5.98. The molecule has 0 saturated carbocycles. The van der Waals surface area contributed by atoms with E-state index in [1.807, 2.05) is 0 Å². The van der Waals surface area contributed by atoms with Crippen LogP contribution in [-0.4, -0.2) is 0 Å². The van der Waals surface area contributed by atoms with Gasteiger partial charge in [-0.3, -0.25) is 0 Å². The van der Waals surface area contributed by atoms with Crippen LogP contribution in [0.2, 0.25) is 0 Å². The lowest BCUT2D eigenvalue weighted by Gasteiger charge is -1.90. The van der Waals surface area contributed by atoms with Crippen molar-refractivity contribution in [3.63, 3.8) is 0 Å². The molecule has 0 fully saturated rings. The van der Waals surface area contributed by atoms with Crippen LogP contribution in [0, 0.1) is 13.8 Å². The molecule has 66 valence electrons. The highest BCUT2D eigenvalue weighted by Gasteiger charge is 1.80. The molecule has 0 spiro atoms. The molecule has 1 aromatic carbocycles. The van der Waals surface area contributed by atoms with Crippen LogP contribution in [0.1, 0.15) is 11.1 Å². The molecule has 3 heteroatoms. The van der Waals surface area contributed by atoms with Crippen molar-refractivity contribution in [3.05, 3.63) is 35.4 Å². The van der Waals surface area contributed by atoms with Crippen molar-refractivity contribution < 1.29 is 0 Å². The Labute approximate surface area is 84.2 Å². The third-order valence-electron chi connectivity index (χ3n) is 1.17. The molecule has 0 aliphatic heterocycles. The lowest BCUT2D eigenvalue weighted by Crippen LogP contribution is -1.71. The second-order valence-electron chi connectivity index (χ2n) is 2.16. The highest BCUT2D eigenvalue weighted by Crippen LogP contribution is 2.00. The van der Waals surface area contributed by atoms with E-state index in [-0.39, 0.29) is 34.7 Å². The van der Waals surface area contributed by atoms with E-state index in [1.165, 1.54) is 11.1 Å². The van der Waals surface area contributed by atoms with E-state index in [2.05, 4.69) is 38.1 Å². The Morgan fingerprint density at radius 3 is 1.45 bits per heavy atom. The third kappa shape index (κ3) is 6.62. The number of aryl methyl sites for hydroxylation is 2. The number of hydrogen-bond acceptors (Lipinski definition) is 0. The number of benzene rings is 1. The van der Waals surface area contributed by atoms with Gasteiger partial charge in [0, 0.05) is 0 Å². The van der Waals surface area contributed by atoms with Crippen molar-refractivity contribution >= 4 is 34.7 Å². The third-order valence-corrected chi connectivity index (χ3v) is 1.17. The van der Waals surface area contributed by atoms with Crippen LogP contribution < -0.4 is 0 Å². The van der Waals surface area contributed by atoms with Crippen molar-refractivity contribution in [3.8, 4) is 0 Å². The Morgan fingerprint density at radius 2 is 1.27 bits per heavy atom. The first-order valence-corrected chi connectivity index (χ1v) is 2.82. The van der Waals surface area contributed by atoms with Gasteiger partial charge in [0.15, 0.2) is 0 Å². The van der Waals surface area contributed by atoms with Crippen LogP contribution in [-0.2, 0) is 0 Å². The highest BCUT2D eigenvalue weighted by atomic mass is 35.5. The maximum absolute atomic E-state index is 2.17.